The Morgan fingerprint density at radius 1 is 0.486 bits per heavy atom. The van der Waals surface area contributed by atoms with E-state index >= 15 is 0 Å². The van der Waals surface area contributed by atoms with Crippen molar-refractivity contribution in [3.63, 3.8) is 0 Å². The van der Waals surface area contributed by atoms with Gasteiger partial charge in [0.25, 0.3) is 0 Å². The van der Waals surface area contributed by atoms with Crippen LogP contribution in [-0.2, 0) is 43.9 Å². The average molecular weight is 481 g/mol. The standard InChI is InChI=1S/C33H52O2/c1-9-15-23-21-29(25(17-11-3)27(19-13-5)31(23)34)33(7,8)30-22-24(16-10-2)32(35)28(20-14-6)26(30)18-12-4/h21-22,34-35H,9-20H2,1-8H3. The second-order valence-electron chi connectivity index (χ2n) is 10.9. The molecule has 0 saturated heterocycles. The van der Waals surface area contributed by atoms with Crippen molar-refractivity contribution in [2.24, 2.45) is 0 Å². The molecule has 0 aliphatic carbocycles. The first kappa shape index (κ1) is 29.3. The van der Waals surface area contributed by atoms with Crippen LogP contribution in [0.2, 0.25) is 0 Å². The number of hydrogen-bond acceptors (Lipinski definition) is 2. The highest BCUT2D eigenvalue weighted by molar-refractivity contribution is 5.59. The topological polar surface area (TPSA) is 40.5 Å². The minimum Gasteiger partial charge on any atom is -0.507 e. The molecular formula is C33H52O2. The van der Waals surface area contributed by atoms with Crippen LogP contribution in [-0.4, -0.2) is 10.2 Å². The highest BCUT2D eigenvalue weighted by atomic mass is 16.3. The first-order valence-corrected chi connectivity index (χ1v) is 14.5. The van der Waals surface area contributed by atoms with E-state index < -0.39 is 0 Å². The van der Waals surface area contributed by atoms with Crippen molar-refractivity contribution in [2.45, 2.75) is 138 Å². The van der Waals surface area contributed by atoms with Crippen molar-refractivity contribution in [1.29, 1.82) is 0 Å². The van der Waals surface area contributed by atoms with Gasteiger partial charge in [0.15, 0.2) is 0 Å². The highest BCUT2D eigenvalue weighted by Crippen LogP contribution is 2.45. The average Bonchev–Trinajstić information content (AvgIpc) is 2.82. The van der Waals surface area contributed by atoms with Crippen LogP contribution in [0.5, 0.6) is 11.5 Å². The molecule has 0 bridgehead atoms. The lowest BCUT2D eigenvalue weighted by molar-refractivity contribution is 0.455. The monoisotopic (exact) mass is 480 g/mol. The molecule has 0 atom stereocenters. The lowest BCUT2D eigenvalue weighted by Gasteiger charge is -2.35. The highest BCUT2D eigenvalue weighted by Gasteiger charge is 2.33. The van der Waals surface area contributed by atoms with E-state index in [2.05, 4.69) is 67.5 Å². The Bertz CT molecular complexity index is 891. The van der Waals surface area contributed by atoms with Gasteiger partial charge in [-0.1, -0.05) is 106 Å². The van der Waals surface area contributed by atoms with Crippen molar-refractivity contribution in [2.75, 3.05) is 0 Å². The molecule has 2 aromatic carbocycles. The third-order valence-electron chi connectivity index (χ3n) is 7.58. The smallest absolute Gasteiger partial charge is 0.122 e. The van der Waals surface area contributed by atoms with Crippen molar-refractivity contribution in [3.8, 4) is 11.5 Å². The Hall–Kier alpha value is -1.96. The summed E-state index contributed by atoms with van der Waals surface area (Å²) < 4.78 is 0. The summed E-state index contributed by atoms with van der Waals surface area (Å²) in [7, 11) is 0. The maximum Gasteiger partial charge on any atom is 0.122 e. The Labute approximate surface area is 216 Å². The molecule has 2 N–H and O–H groups in total. The molecule has 35 heavy (non-hydrogen) atoms. The number of phenolic OH excluding ortho intramolecular Hbond substituents is 2. The normalized spacial score (nSPS) is 11.9. The second-order valence-corrected chi connectivity index (χ2v) is 10.9. The van der Waals surface area contributed by atoms with Crippen LogP contribution in [0.25, 0.3) is 0 Å². The molecular weight excluding hydrogens is 428 g/mol. The third kappa shape index (κ3) is 6.25. The summed E-state index contributed by atoms with van der Waals surface area (Å²) in [6.07, 6.45) is 11.8. The van der Waals surface area contributed by atoms with Crippen molar-refractivity contribution in [1.82, 2.24) is 0 Å². The van der Waals surface area contributed by atoms with Crippen LogP contribution >= 0.6 is 0 Å². The molecule has 0 spiro atoms. The SMILES string of the molecule is CCCc1cc(C(C)(C)c2cc(CCC)c(O)c(CCC)c2CCC)c(CCC)c(CCC)c1O. The zero-order chi connectivity index (χ0) is 26.2. The Kier molecular flexibility index (Phi) is 11.2. The van der Waals surface area contributed by atoms with E-state index in [0.29, 0.717) is 11.5 Å². The number of rotatable bonds is 14. The predicted molar refractivity (Wildman–Crippen MR) is 152 cm³/mol. The molecule has 0 saturated carbocycles. The largest absolute Gasteiger partial charge is 0.507 e. The lowest BCUT2D eigenvalue weighted by atomic mass is 9.69. The Balaban J connectivity index is 2.97. The molecule has 0 aliphatic rings. The number of aryl methyl sites for hydroxylation is 2. The first-order chi connectivity index (χ1) is 16.7. The minimum atomic E-state index is -0.216. The quantitative estimate of drug-likeness (QED) is 0.283. The van der Waals surface area contributed by atoms with Gasteiger partial charge in [-0.2, -0.15) is 0 Å². The minimum absolute atomic E-state index is 0.216. The van der Waals surface area contributed by atoms with E-state index in [1.165, 1.54) is 33.4 Å². The molecule has 0 unspecified atom stereocenters. The fourth-order valence-corrected chi connectivity index (χ4v) is 5.95. The molecule has 2 aromatic rings. The van der Waals surface area contributed by atoms with E-state index in [4.69, 9.17) is 0 Å². The molecule has 0 aliphatic heterocycles. The maximum atomic E-state index is 11.3. The second kappa shape index (κ2) is 13.4. The summed E-state index contributed by atoms with van der Waals surface area (Å²) in [4.78, 5) is 0. The number of phenols is 2. The van der Waals surface area contributed by atoms with E-state index in [1.54, 1.807) is 0 Å². The maximum absolute atomic E-state index is 11.3. The lowest BCUT2D eigenvalue weighted by Crippen LogP contribution is -2.25. The van der Waals surface area contributed by atoms with Crippen LogP contribution in [0.4, 0.5) is 0 Å². The summed E-state index contributed by atoms with van der Waals surface area (Å²) in [6, 6.07) is 4.65. The van der Waals surface area contributed by atoms with Gasteiger partial charge in [0.05, 0.1) is 0 Å². The molecule has 196 valence electrons. The first-order valence-electron chi connectivity index (χ1n) is 14.5. The van der Waals surface area contributed by atoms with E-state index in [0.717, 1.165) is 88.2 Å². The number of aromatic hydroxyl groups is 2. The third-order valence-corrected chi connectivity index (χ3v) is 7.58. The van der Waals surface area contributed by atoms with Gasteiger partial charge in [-0.3, -0.25) is 0 Å². The van der Waals surface area contributed by atoms with Crippen LogP contribution < -0.4 is 0 Å². The van der Waals surface area contributed by atoms with Gasteiger partial charge >= 0.3 is 0 Å². The Morgan fingerprint density at radius 2 is 0.771 bits per heavy atom. The summed E-state index contributed by atoms with van der Waals surface area (Å²) in [5.74, 6) is 1.07. The fraction of sp³-hybridized carbons (Fsp3) is 0.636. The van der Waals surface area contributed by atoms with E-state index in [9.17, 15) is 10.2 Å². The van der Waals surface area contributed by atoms with Gasteiger partial charge < -0.3 is 10.2 Å². The number of benzene rings is 2. The molecule has 0 fully saturated rings. The van der Waals surface area contributed by atoms with Crippen LogP contribution in [0.15, 0.2) is 12.1 Å². The van der Waals surface area contributed by atoms with Crippen LogP contribution in [0, 0.1) is 0 Å². The fourth-order valence-electron chi connectivity index (χ4n) is 5.95. The zero-order valence-corrected chi connectivity index (χ0v) is 24.0. The van der Waals surface area contributed by atoms with Crippen molar-refractivity contribution >= 4 is 0 Å². The van der Waals surface area contributed by atoms with Gasteiger partial charge in [-0.05, 0) is 83.0 Å². The summed E-state index contributed by atoms with van der Waals surface area (Å²) in [5.41, 5.74) is 9.75. The van der Waals surface area contributed by atoms with Crippen molar-refractivity contribution < 1.29 is 10.2 Å². The molecule has 0 aromatic heterocycles. The molecule has 0 amide bonds. The van der Waals surface area contributed by atoms with Gasteiger partial charge in [-0.15, -0.1) is 0 Å². The van der Waals surface area contributed by atoms with Gasteiger partial charge in [0.2, 0.25) is 0 Å². The molecule has 2 rings (SSSR count). The van der Waals surface area contributed by atoms with Gasteiger partial charge in [0.1, 0.15) is 11.5 Å². The summed E-state index contributed by atoms with van der Waals surface area (Å²) >= 11 is 0. The van der Waals surface area contributed by atoms with Gasteiger partial charge in [0, 0.05) is 5.41 Å². The summed E-state index contributed by atoms with van der Waals surface area (Å²) in [6.45, 7) is 18.0. The van der Waals surface area contributed by atoms with E-state index in [1.807, 2.05) is 0 Å². The summed E-state index contributed by atoms with van der Waals surface area (Å²) in [5, 5.41) is 22.6. The molecule has 2 nitrogen and oxygen atoms in total. The number of hydrogen-bond donors (Lipinski definition) is 2. The molecule has 0 heterocycles. The van der Waals surface area contributed by atoms with Crippen LogP contribution in [0.1, 0.15) is 138 Å². The predicted octanol–water partition coefficient (Wildman–Crippen LogP) is 9.14. The zero-order valence-electron chi connectivity index (χ0n) is 24.0. The van der Waals surface area contributed by atoms with Crippen LogP contribution in [0.3, 0.4) is 0 Å². The molecule has 0 radical (unpaired) electrons. The van der Waals surface area contributed by atoms with Gasteiger partial charge in [-0.25, -0.2) is 0 Å². The Morgan fingerprint density at radius 3 is 1.06 bits per heavy atom. The van der Waals surface area contributed by atoms with E-state index in [-0.39, 0.29) is 5.41 Å². The molecule has 2 heteroatoms. The van der Waals surface area contributed by atoms with Crippen molar-refractivity contribution in [3.05, 3.63) is 56.6 Å².